The molecule has 0 bridgehead atoms. The summed E-state index contributed by atoms with van der Waals surface area (Å²) in [4.78, 5) is 14.2. The van der Waals surface area contributed by atoms with Gasteiger partial charge >= 0.3 is 0 Å². The van der Waals surface area contributed by atoms with Crippen LogP contribution in [0, 0.1) is 0 Å². The molecule has 1 aromatic rings. The van der Waals surface area contributed by atoms with Gasteiger partial charge in [-0.3, -0.25) is 9.69 Å². The maximum atomic E-state index is 12.3. The van der Waals surface area contributed by atoms with Crippen LogP contribution in [0.5, 0.6) is 11.5 Å². The van der Waals surface area contributed by atoms with Crippen LogP contribution in [0.1, 0.15) is 19.3 Å². The molecule has 1 saturated heterocycles. The molecule has 1 amide bonds. The van der Waals surface area contributed by atoms with Crippen molar-refractivity contribution >= 4 is 23.2 Å². The second-order valence-corrected chi connectivity index (χ2v) is 6.33. The summed E-state index contributed by atoms with van der Waals surface area (Å²) in [6.07, 6.45) is 3.57. The SMILES string of the molecule is COc1cc(OC)c(NC(=O)CN(C)CC2CCCCO2)cc1Cl. The van der Waals surface area contributed by atoms with E-state index in [0.29, 0.717) is 22.2 Å². The molecule has 6 nitrogen and oxygen atoms in total. The highest BCUT2D eigenvalue weighted by Crippen LogP contribution is 2.35. The maximum Gasteiger partial charge on any atom is 0.238 e. The van der Waals surface area contributed by atoms with E-state index in [9.17, 15) is 4.79 Å². The van der Waals surface area contributed by atoms with Crippen LogP contribution in [0.4, 0.5) is 5.69 Å². The van der Waals surface area contributed by atoms with Crippen LogP contribution in [0.3, 0.4) is 0 Å². The molecule has 0 spiro atoms. The highest BCUT2D eigenvalue weighted by Gasteiger charge is 2.18. The lowest BCUT2D eigenvalue weighted by molar-refractivity contribution is -0.117. The van der Waals surface area contributed by atoms with Crippen LogP contribution in [-0.2, 0) is 9.53 Å². The number of anilines is 1. The fourth-order valence-electron chi connectivity index (χ4n) is 2.76. The molecule has 1 aromatic carbocycles. The monoisotopic (exact) mass is 356 g/mol. The van der Waals surface area contributed by atoms with Gasteiger partial charge in [-0.25, -0.2) is 0 Å². The molecule has 2 rings (SSSR count). The van der Waals surface area contributed by atoms with E-state index in [2.05, 4.69) is 5.32 Å². The Kier molecular flexibility index (Phi) is 7.15. The van der Waals surface area contributed by atoms with Gasteiger partial charge in [-0.2, -0.15) is 0 Å². The smallest absolute Gasteiger partial charge is 0.238 e. The van der Waals surface area contributed by atoms with Gasteiger partial charge in [-0.1, -0.05) is 11.6 Å². The minimum atomic E-state index is -0.132. The van der Waals surface area contributed by atoms with Crippen LogP contribution < -0.4 is 14.8 Å². The van der Waals surface area contributed by atoms with Crippen LogP contribution in [0.15, 0.2) is 12.1 Å². The average molecular weight is 357 g/mol. The number of methoxy groups -OCH3 is 2. The molecule has 0 saturated carbocycles. The number of carbonyl (C=O) groups excluding carboxylic acids is 1. The van der Waals surface area contributed by atoms with Crippen LogP contribution in [0.25, 0.3) is 0 Å². The lowest BCUT2D eigenvalue weighted by Crippen LogP contribution is -2.37. The molecule has 0 aromatic heterocycles. The molecule has 1 heterocycles. The third kappa shape index (κ3) is 5.26. The summed E-state index contributed by atoms with van der Waals surface area (Å²) in [5.74, 6) is 0.869. The number of ether oxygens (including phenoxy) is 3. The average Bonchev–Trinajstić information content (AvgIpc) is 2.55. The second-order valence-electron chi connectivity index (χ2n) is 5.92. The summed E-state index contributed by atoms with van der Waals surface area (Å²) in [6.45, 7) is 1.83. The fourth-order valence-corrected chi connectivity index (χ4v) is 3.00. The van der Waals surface area contributed by atoms with Crippen LogP contribution in [-0.4, -0.2) is 57.9 Å². The molecule has 1 aliphatic rings. The lowest BCUT2D eigenvalue weighted by Gasteiger charge is -2.27. The first-order valence-electron chi connectivity index (χ1n) is 8.05. The standard InChI is InChI=1S/C17H25ClN2O4/c1-20(10-12-6-4-5-7-24-12)11-17(21)19-14-8-13(18)15(22-2)9-16(14)23-3/h8-9,12H,4-7,10-11H2,1-3H3,(H,19,21). The van der Waals surface area contributed by atoms with Gasteiger partial charge in [-0.15, -0.1) is 0 Å². The first-order chi connectivity index (χ1) is 11.5. The van der Waals surface area contributed by atoms with Crippen molar-refractivity contribution in [2.75, 3.05) is 46.3 Å². The molecule has 134 valence electrons. The molecule has 1 atom stereocenters. The van der Waals surface area contributed by atoms with E-state index in [1.807, 2.05) is 11.9 Å². The molecular formula is C17H25ClN2O4. The zero-order valence-corrected chi connectivity index (χ0v) is 15.2. The number of likely N-dealkylation sites (N-methyl/N-ethyl adjacent to an activating group) is 1. The Hall–Kier alpha value is -1.50. The van der Waals surface area contributed by atoms with E-state index in [0.717, 1.165) is 26.0 Å². The molecule has 0 aliphatic carbocycles. The van der Waals surface area contributed by atoms with Crippen molar-refractivity contribution < 1.29 is 19.0 Å². The normalized spacial score (nSPS) is 17.6. The van der Waals surface area contributed by atoms with E-state index >= 15 is 0 Å². The number of nitrogens with zero attached hydrogens (tertiary/aromatic N) is 1. The Balaban J connectivity index is 1.92. The maximum absolute atomic E-state index is 12.3. The largest absolute Gasteiger partial charge is 0.495 e. The first-order valence-corrected chi connectivity index (χ1v) is 8.42. The lowest BCUT2D eigenvalue weighted by atomic mass is 10.1. The number of carbonyl (C=O) groups is 1. The Labute approximate surface area is 148 Å². The van der Waals surface area contributed by atoms with Crippen molar-refractivity contribution in [3.05, 3.63) is 17.2 Å². The Morgan fingerprint density at radius 1 is 1.33 bits per heavy atom. The predicted molar refractivity (Wildman–Crippen MR) is 94.3 cm³/mol. The Morgan fingerprint density at radius 2 is 2.08 bits per heavy atom. The molecular weight excluding hydrogens is 332 g/mol. The quantitative estimate of drug-likeness (QED) is 0.814. The summed E-state index contributed by atoms with van der Waals surface area (Å²) in [6, 6.07) is 3.28. The van der Waals surface area contributed by atoms with Crippen LogP contribution >= 0.6 is 11.6 Å². The van der Waals surface area contributed by atoms with Crippen LogP contribution in [0.2, 0.25) is 5.02 Å². The van der Waals surface area contributed by atoms with Gasteiger partial charge in [-0.05, 0) is 32.4 Å². The number of rotatable bonds is 7. The minimum absolute atomic E-state index is 0.132. The third-order valence-corrected chi connectivity index (χ3v) is 4.25. The van der Waals surface area contributed by atoms with E-state index in [-0.39, 0.29) is 18.6 Å². The van der Waals surface area contributed by atoms with E-state index in [1.54, 1.807) is 12.1 Å². The van der Waals surface area contributed by atoms with E-state index in [4.69, 9.17) is 25.8 Å². The van der Waals surface area contributed by atoms with Gasteiger partial charge in [0.05, 0.1) is 37.6 Å². The van der Waals surface area contributed by atoms with Gasteiger partial charge in [0.1, 0.15) is 11.5 Å². The second kappa shape index (κ2) is 9.11. The summed E-state index contributed by atoms with van der Waals surface area (Å²) in [7, 11) is 4.97. The number of amides is 1. The zero-order chi connectivity index (χ0) is 17.5. The number of hydrogen-bond acceptors (Lipinski definition) is 5. The van der Waals surface area contributed by atoms with Gasteiger partial charge in [0.2, 0.25) is 5.91 Å². The van der Waals surface area contributed by atoms with Crippen molar-refractivity contribution in [3.63, 3.8) is 0 Å². The topological polar surface area (TPSA) is 60.0 Å². The molecule has 1 N–H and O–H groups in total. The van der Waals surface area contributed by atoms with E-state index < -0.39 is 0 Å². The molecule has 1 fully saturated rings. The summed E-state index contributed by atoms with van der Waals surface area (Å²) in [5.41, 5.74) is 0.524. The number of halogens is 1. The van der Waals surface area contributed by atoms with Crippen molar-refractivity contribution in [2.24, 2.45) is 0 Å². The molecule has 24 heavy (non-hydrogen) atoms. The number of nitrogens with one attached hydrogen (secondary N) is 1. The number of benzene rings is 1. The van der Waals surface area contributed by atoms with Gasteiger partial charge < -0.3 is 19.5 Å². The molecule has 7 heteroatoms. The highest BCUT2D eigenvalue weighted by atomic mass is 35.5. The highest BCUT2D eigenvalue weighted by molar-refractivity contribution is 6.32. The molecule has 1 unspecified atom stereocenters. The molecule has 0 radical (unpaired) electrons. The predicted octanol–water partition coefficient (Wildman–Crippen LogP) is 2.80. The van der Waals surface area contributed by atoms with Crippen molar-refractivity contribution in [1.82, 2.24) is 4.90 Å². The Bertz CT molecular complexity index is 562. The van der Waals surface area contributed by atoms with Crippen molar-refractivity contribution in [2.45, 2.75) is 25.4 Å². The van der Waals surface area contributed by atoms with Gasteiger partial charge in [0.15, 0.2) is 0 Å². The first kappa shape index (κ1) is 18.8. The summed E-state index contributed by atoms with van der Waals surface area (Å²) >= 11 is 6.12. The van der Waals surface area contributed by atoms with Gasteiger partial charge in [0.25, 0.3) is 0 Å². The Morgan fingerprint density at radius 3 is 2.71 bits per heavy atom. The molecule has 1 aliphatic heterocycles. The minimum Gasteiger partial charge on any atom is -0.495 e. The van der Waals surface area contributed by atoms with Crippen molar-refractivity contribution in [1.29, 1.82) is 0 Å². The van der Waals surface area contributed by atoms with Crippen molar-refractivity contribution in [3.8, 4) is 11.5 Å². The third-order valence-electron chi connectivity index (χ3n) is 3.95. The number of hydrogen-bond donors (Lipinski definition) is 1. The summed E-state index contributed by atoms with van der Waals surface area (Å²) < 4.78 is 16.1. The van der Waals surface area contributed by atoms with E-state index in [1.165, 1.54) is 20.6 Å². The van der Waals surface area contributed by atoms with Gasteiger partial charge in [0, 0.05) is 19.2 Å². The fraction of sp³-hybridized carbons (Fsp3) is 0.588. The zero-order valence-electron chi connectivity index (χ0n) is 14.4. The summed E-state index contributed by atoms with van der Waals surface area (Å²) in [5, 5.41) is 3.25.